The Hall–Kier alpha value is 1.31. The molecule has 1 rings (SSSR count). The maximum absolute atomic E-state index is 3.21. The molecule has 0 atom stereocenters. The molecule has 58 valence electrons. The standard InChI is InChI=1S/C7H9.2BrH.Hf/c1-2-7-5-3-4-6-7;;;/h3,5H,2,4H2,1H3;2*1H;/q-1;;;/p-2. The molecule has 0 nitrogen and oxygen atoms in total. The van der Waals surface area contributed by atoms with E-state index in [9.17, 15) is 0 Å². The average Bonchev–Trinajstić information content (AvgIpc) is 2.14. The van der Waals surface area contributed by atoms with Crippen molar-refractivity contribution in [3.63, 3.8) is 0 Å². The summed E-state index contributed by atoms with van der Waals surface area (Å²) in [6, 6.07) is 0. The summed E-state index contributed by atoms with van der Waals surface area (Å²) in [6.07, 6.45) is 9.65. The Morgan fingerprint density at radius 2 is 2.10 bits per heavy atom. The molecule has 0 fully saturated rings. The van der Waals surface area contributed by atoms with Gasteiger partial charge in [-0.15, -0.1) is 6.42 Å². The van der Waals surface area contributed by atoms with Crippen molar-refractivity contribution in [1.82, 2.24) is 0 Å². The van der Waals surface area contributed by atoms with Crippen LogP contribution in [-0.2, 0) is 25.8 Å². The zero-order chi connectivity index (χ0) is 5.11. The summed E-state index contributed by atoms with van der Waals surface area (Å²) < 4.78 is 0. The van der Waals surface area contributed by atoms with Crippen LogP contribution in [0.2, 0.25) is 0 Å². The van der Waals surface area contributed by atoms with Crippen LogP contribution in [-0.4, -0.2) is 0 Å². The maximum atomic E-state index is 3.21. The third kappa shape index (κ3) is 6.05. The topological polar surface area (TPSA) is 0 Å². The minimum atomic E-state index is 0. The van der Waals surface area contributed by atoms with Gasteiger partial charge in [0.05, 0.1) is 0 Å². The zero-order valence-corrected chi connectivity index (χ0v) is 12.6. The van der Waals surface area contributed by atoms with E-state index in [1.54, 1.807) is 0 Å². The smallest absolute Gasteiger partial charge is 0 e. The Bertz CT molecular complexity index is 119. The third-order valence-electron chi connectivity index (χ3n) is 1.15. The van der Waals surface area contributed by atoms with Crippen molar-refractivity contribution in [2.24, 2.45) is 0 Å². The van der Waals surface area contributed by atoms with Gasteiger partial charge in [-0.3, -0.25) is 6.08 Å². The van der Waals surface area contributed by atoms with Gasteiger partial charge >= 0.3 is 0 Å². The molecule has 3 heteroatoms. The second-order valence-corrected chi connectivity index (χ2v) is 1.66. The van der Waals surface area contributed by atoms with E-state index < -0.39 is 0 Å². The average molecular weight is 431 g/mol. The number of halogens is 2. The van der Waals surface area contributed by atoms with Gasteiger partial charge in [0, 0.05) is 25.8 Å². The van der Waals surface area contributed by atoms with Crippen LogP contribution < -0.4 is 34.0 Å². The molecular formula is C7H9Br2Hf-3. The normalized spacial score (nSPS) is 12.3. The molecule has 1 aliphatic rings. The molecule has 0 bridgehead atoms. The van der Waals surface area contributed by atoms with Crippen LogP contribution >= 0.6 is 0 Å². The zero-order valence-electron chi connectivity index (χ0n) is 5.82. The molecule has 0 aliphatic heterocycles. The Morgan fingerprint density at radius 1 is 1.50 bits per heavy atom. The number of rotatable bonds is 1. The summed E-state index contributed by atoms with van der Waals surface area (Å²) >= 11 is 0. The molecule has 0 aromatic heterocycles. The van der Waals surface area contributed by atoms with E-state index in [2.05, 4.69) is 25.2 Å². The first kappa shape index (κ1) is 17.4. The Labute approximate surface area is 102 Å². The Kier molecular flexibility index (Phi) is 17.9. The number of hydrogen-bond donors (Lipinski definition) is 0. The summed E-state index contributed by atoms with van der Waals surface area (Å²) in [6.45, 7) is 2.15. The minimum absolute atomic E-state index is 0. The van der Waals surface area contributed by atoms with Crippen molar-refractivity contribution >= 4 is 0 Å². The monoisotopic (exact) mass is 431 g/mol. The maximum Gasteiger partial charge on any atom is 0 e. The van der Waals surface area contributed by atoms with E-state index in [-0.39, 0.29) is 59.8 Å². The Morgan fingerprint density at radius 3 is 2.30 bits per heavy atom. The van der Waals surface area contributed by atoms with Crippen molar-refractivity contribution in [3.05, 3.63) is 23.8 Å². The molecule has 0 saturated heterocycles. The summed E-state index contributed by atoms with van der Waals surface area (Å²) in [5.41, 5.74) is 1.36. The second-order valence-electron chi connectivity index (χ2n) is 1.66. The van der Waals surface area contributed by atoms with E-state index in [1.807, 2.05) is 0 Å². The molecular weight excluding hydrogens is 422 g/mol. The van der Waals surface area contributed by atoms with Gasteiger partial charge in [0.2, 0.25) is 0 Å². The van der Waals surface area contributed by atoms with Gasteiger partial charge in [0.1, 0.15) is 0 Å². The molecule has 1 aliphatic carbocycles. The third-order valence-corrected chi connectivity index (χ3v) is 1.15. The van der Waals surface area contributed by atoms with Crippen LogP contribution in [0.5, 0.6) is 0 Å². The van der Waals surface area contributed by atoms with Crippen LogP contribution in [0.3, 0.4) is 0 Å². The molecule has 0 saturated carbocycles. The fourth-order valence-corrected chi connectivity index (χ4v) is 0.693. The van der Waals surface area contributed by atoms with E-state index in [1.165, 1.54) is 5.57 Å². The van der Waals surface area contributed by atoms with Gasteiger partial charge < -0.3 is 34.0 Å². The second kappa shape index (κ2) is 10.3. The summed E-state index contributed by atoms with van der Waals surface area (Å²) in [5.74, 6) is 0. The molecule has 0 unspecified atom stereocenters. The minimum Gasteiger partial charge on any atom is -1.00 e. The summed E-state index contributed by atoms with van der Waals surface area (Å²) in [7, 11) is 0. The van der Waals surface area contributed by atoms with Crippen molar-refractivity contribution in [2.45, 2.75) is 19.8 Å². The Balaban J connectivity index is -0.000000163. The van der Waals surface area contributed by atoms with E-state index >= 15 is 0 Å². The van der Waals surface area contributed by atoms with Crippen molar-refractivity contribution < 1.29 is 59.8 Å². The predicted octanol–water partition coefficient (Wildman–Crippen LogP) is -3.91. The molecule has 0 aromatic carbocycles. The molecule has 0 amide bonds. The molecule has 0 heterocycles. The molecule has 0 spiro atoms. The predicted molar refractivity (Wildman–Crippen MR) is 30.8 cm³/mol. The van der Waals surface area contributed by atoms with Crippen molar-refractivity contribution in [2.75, 3.05) is 0 Å². The first-order valence-electron chi connectivity index (χ1n) is 2.69. The van der Waals surface area contributed by atoms with Crippen molar-refractivity contribution in [1.29, 1.82) is 0 Å². The first-order valence-corrected chi connectivity index (χ1v) is 2.69. The van der Waals surface area contributed by atoms with Gasteiger partial charge in [-0.1, -0.05) is 13.3 Å². The number of hydrogen-bond acceptors (Lipinski definition) is 0. The van der Waals surface area contributed by atoms with Crippen LogP contribution in [0.15, 0.2) is 17.7 Å². The van der Waals surface area contributed by atoms with Crippen molar-refractivity contribution in [3.8, 4) is 0 Å². The van der Waals surface area contributed by atoms with Gasteiger partial charge in [0.15, 0.2) is 0 Å². The fraction of sp³-hybridized carbons (Fsp3) is 0.429. The largest absolute Gasteiger partial charge is 1.00 e. The van der Waals surface area contributed by atoms with Crippen LogP contribution in [0.25, 0.3) is 0 Å². The van der Waals surface area contributed by atoms with Crippen LogP contribution in [0.4, 0.5) is 0 Å². The van der Waals surface area contributed by atoms with Gasteiger partial charge in [-0.25, -0.2) is 11.6 Å². The van der Waals surface area contributed by atoms with Crippen LogP contribution in [0, 0.1) is 6.08 Å². The quantitative estimate of drug-likeness (QED) is 0.294. The SMILES string of the molecule is CCC1=[C-]CC=C1.[Br-].[Br-].[Hf]. The molecule has 0 N–H and O–H groups in total. The summed E-state index contributed by atoms with van der Waals surface area (Å²) in [4.78, 5) is 0. The van der Waals surface area contributed by atoms with Crippen LogP contribution in [0.1, 0.15) is 19.8 Å². The van der Waals surface area contributed by atoms with E-state index in [4.69, 9.17) is 0 Å². The van der Waals surface area contributed by atoms with E-state index in [0.717, 1.165) is 12.8 Å². The first-order chi connectivity index (χ1) is 3.43. The van der Waals surface area contributed by atoms with Gasteiger partial charge in [-0.2, -0.15) is 6.08 Å². The molecule has 0 aromatic rings. The molecule has 0 radical (unpaired) electrons. The molecule has 10 heavy (non-hydrogen) atoms. The van der Waals surface area contributed by atoms with E-state index in [0.29, 0.717) is 0 Å². The summed E-state index contributed by atoms with van der Waals surface area (Å²) in [5, 5.41) is 0. The van der Waals surface area contributed by atoms with Gasteiger partial charge in [-0.05, 0) is 0 Å². The number of allylic oxidation sites excluding steroid dienone is 4. The van der Waals surface area contributed by atoms with Gasteiger partial charge in [0.25, 0.3) is 0 Å². The fourth-order valence-electron chi connectivity index (χ4n) is 0.693.